The number of hydrogen-bond donors (Lipinski definition) is 1. The third-order valence-electron chi connectivity index (χ3n) is 4.06. The van der Waals surface area contributed by atoms with Gasteiger partial charge in [-0.05, 0) is 44.4 Å². The van der Waals surface area contributed by atoms with Gasteiger partial charge in [-0.3, -0.25) is 0 Å². The fraction of sp³-hybridized carbons (Fsp3) is 0.611. The molecule has 2 rings (SSSR count). The molecule has 0 fully saturated rings. The topological polar surface area (TPSA) is 29.9 Å². The molecule has 116 valence electrons. The van der Waals surface area contributed by atoms with E-state index in [9.17, 15) is 0 Å². The van der Waals surface area contributed by atoms with E-state index in [-0.39, 0.29) is 0 Å². The van der Waals surface area contributed by atoms with Crippen LogP contribution in [0.25, 0.3) is 11.0 Å². The monoisotopic (exact) mass is 287 g/mol. The van der Waals surface area contributed by atoms with Crippen LogP contribution in [0, 0.1) is 5.92 Å². The number of fused-ring (bicyclic) bond motifs is 1. The van der Waals surface area contributed by atoms with Crippen molar-refractivity contribution in [1.29, 1.82) is 0 Å². The van der Waals surface area contributed by atoms with Crippen LogP contribution >= 0.6 is 0 Å². The largest absolute Gasteiger partial charge is 0.328 e. The zero-order valence-corrected chi connectivity index (χ0v) is 13.9. The van der Waals surface area contributed by atoms with Gasteiger partial charge in [-0.1, -0.05) is 32.9 Å². The molecule has 1 aromatic carbocycles. The molecular formula is C18H29N3. The van der Waals surface area contributed by atoms with Crippen molar-refractivity contribution in [2.75, 3.05) is 6.54 Å². The van der Waals surface area contributed by atoms with Crippen molar-refractivity contribution >= 4 is 11.0 Å². The molecule has 1 unspecified atom stereocenters. The fourth-order valence-corrected chi connectivity index (χ4v) is 2.95. The third kappa shape index (κ3) is 4.07. The maximum absolute atomic E-state index is 4.86. The number of nitrogens with one attached hydrogen (secondary N) is 1. The van der Waals surface area contributed by atoms with Gasteiger partial charge < -0.3 is 9.88 Å². The number of benzene rings is 1. The molecular weight excluding hydrogens is 258 g/mol. The summed E-state index contributed by atoms with van der Waals surface area (Å²) in [5, 5.41) is 3.63. The summed E-state index contributed by atoms with van der Waals surface area (Å²) in [6.07, 6.45) is 3.51. The van der Waals surface area contributed by atoms with Crippen LogP contribution in [-0.2, 0) is 13.0 Å². The predicted octanol–water partition coefficient (Wildman–Crippen LogP) is 4.01. The molecule has 3 heteroatoms. The van der Waals surface area contributed by atoms with E-state index in [1.807, 2.05) is 0 Å². The van der Waals surface area contributed by atoms with Gasteiger partial charge in [-0.2, -0.15) is 0 Å². The van der Waals surface area contributed by atoms with Gasteiger partial charge in [0.05, 0.1) is 11.0 Å². The highest BCUT2D eigenvalue weighted by atomic mass is 15.1. The number of aryl methyl sites for hydroxylation is 1. The van der Waals surface area contributed by atoms with Gasteiger partial charge in [0.2, 0.25) is 0 Å². The van der Waals surface area contributed by atoms with Gasteiger partial charge in [0, 0.05) is 19.0 Å². The van der Waals surface area contributed by atoms with Crippen molar-refractivity contribution in [1.82, 2.24) is 14.9 Å². The highest BCUT2D eigenvalue weighted by Gasteiger charge is 2.15. The van der Waals surface area contributed by atoms with Crippen molar-refractivity contribution in [2.45, 2.75) is 59.5 Å². The molecule has 1 heterocycles. The van der Waals surface area contributed by atoms with Gasteiger partial charge in [0.25, 0.3) is 0 Å². The van der Waals surface area contributed by atoms with E-state index in [4.69, 9.17) is 4.98 Å². The van der Waals surface area contributed by atoms with Gasteiger partial charge in [-0.25, -0.2) is 4.98 Å². The molecule has 1 aromatic heterocycles. The molecule has 0 radical (unpaired) electrons. The molecule has 1 N–H and O–H groups in total. The van der Waals surface area contributed by atoms with Crippen molar-refractivity contribution in [3.05, 3.63) is 30.1 Å². The minimum Gasteiger partial charge on any atom is -0.328 e. The van der Waals surface area contributed by atoms with E-state index < -0.39 is 0 Å². The Labute approximate surface area is 128 Å². The Morgan fingerprint density at radius 3 is 2.57 bits per heavy atom. The van der Waals surface area contributed by atoms with E-state index in [0.29, 0.717) is 6.04 Å². The normalized spacial score (nSPS) is 13.2. The molecule has 0 saturated heterocycles. The maximum Gasteiger partial charge on any atom is 0.111 e. The molecule has 0 bridgehead atoms. The third-order valence-corrected chi connectivity index (χ3v) is 4.06. The lowest BCUT2D eigenvalue weighted by atomic mass is 10.0. The second kappa shape index (κ2) is 7.60. The second-order valence-corrected chi connectivity index (χ2v) is 6.19. The Hall–Kier alpha value is -1.35. The van der Waals surface area contributed by atoms with E-state index in [0.717, 1.165) is 30.9 Å². The number of nitrogens with zero attached hydrogens (tertiary/aromatic N) is 2. The number of aromatic nitrogens is 2. The number of rotatable bonds is 8. The van der Waals surface area contributed by atoms with Crippen LogP contribution in [0.15, 0.2) is 24.3 Å². The highest BCUT2D eigenvalue weighted by molar-refractivity contribution is 5.75. The minimum atomic E-state index is 0.527. The fourth-order valence-electron chi connectivity index (χ4n) is 2.95. The Morgan fingerprint density at radius 2 is 1.90 bits per heavy atom. The second-order valence-electron chi connectivity index (χ2n) is 6.19. The number of likely N-dealkylation sites (N-methyl/N-ethyl adjacent to an activating group) is 1. The molecule has 0 aliphatic heterocycles. The lowest BCUT2D eigenvalue weighted by Crippen LogP contribution is -2.32. The summed E-state index contributed by atoms with van der Waals surface area (Å²) in [6.45, 7) is 11.0. The Morgan fingerprint density at radius 1 is 1.14 bits per heavy atom. The number of hydrogen-bond acceptors (Lipinski definition) is 2. The molecule has 0 spiro atoms. The minimum absolute atomic E-state index is 0.527. The molecule has 21 heavy (non-hydrogen) atoms. The van der Waals surface area contributed by atoms with Gasteiger partial charge >= 0.3 is 0 Å². The van der Waals surface area contributed by atoms with E-state index >= 15 is 0 Å². The van der Waals surface area contributed by atoms with Crippen molar-refractivity contribution < 1.29 is 0 Å². The van der Waals surface area contributed by atoms with Crippen LogP contribution in [0.4, 0.5) is 0 Å². The Bertz CT molecular complexity index is 557. The van der Waals surface area contributed by atoms with Crippen molar-refractivity contribution in [2.24, 2.45) is 5.92 Å². The summed E-state index contributed by atoms with van der Waals surface area (Å²) in [4.78, 5) is 4.86. The van der Waals surface area contributed by atoms with Crippen LogP contribution < -0.4 is 5.32 Å². The molecule has 3 nitrogen and oxygen atoms in total. The summed E-state index contributed by atoms with van der Waals surface area (Å²) >= 11 is 0. The highest BCUT2D eigenvalue weighted by Crippen LogP contribution is 2.18. The number of para-hydroxylation sites is 2. The molecule has 0 aliphatic carbocycles. The van der Waals surface area contributed by atoms with Crippen LogP contribution in [0.1, 0.15) is 46.4 Å². The first kappa shape index (κ1) is 16.0. The van der Waals surface area contributed by atoms with Crippen molar-refractivity contribution in [3.8, 4) is 0 Å². The molecule has 1 atom stereocenters. The molecule has 0 saturated carbocycles. The standard InChI is InChI=1S/C18H29N3/c1-5-19-15(12-11-14(3)4)13-18-20-16-9-7-8-10-17(16)21(18)6-2/h7-10,14-15,19H,5-6,11-13H2,1-4H3. The van der Waals surface area contributed by atoms with Crippen LogP contribution in [0.5, 0.6) is 0 Å². The van der Waals surface area contributed by atoms with E-state index in [1.165, 1.54) is 24.2 Å². The zero-order chi connectivity index (χ0) is 15.2. The van der Waals surface area contributed by atoms with E-state index in [2.05, 4.69) is 61.8 Å². The summed E-state index contributed by atoms with van der Waals surface area (Å²) in [5.74, 6) is 1.98. The first-order valence-electron chi connectivity index (χ1n) is 8.33. The first-order valence-corrected chi connectivity index (χ1v) is 8.33. The number of imidazole rings is 1. The smallest absolute Gasteiger partial charge is 0.111 e. The zero-order valence-electron chi connectivity index (χ0n) is 13.9. The van der Waals surface area contributed by atoms with Crippen LogP contribution in [-0.4, -0.2) is 22.1 Å². The van der Waals surface area contributed by atoms with Crippen LogP contribution in [0.3, 0.4) is 0 Å². The summed E-state index contributed by atoms with van der Waals surface area (Å²) in [7, 11) is 0. The quantitative estimate of drug-likeness (QED) is 0.795. The summed E-state index contributed by atoms with van der Waals surface area (Å²) < 4.78 is 2.36. The van der Waals surface area contributed by atoms with E-state index in [1.54, 1.807) is 0 Å². The summed E-state index contributed by atoms with van der Waals surface area (Å²) in [5.41, 5.74) is 2.38. The Balaban J connectivity index is 2.19. The Kier molecular flexibility index (Phi) is 5.80. The predicted molar refractivity (Wildman–Crippen MR) is 90.6 cm³/mol. The van der Waals surface area contributed by atoms with Crippen LogP contribution in [0.2, 0.25) is 0 Å². The SMILES string of the molecule is CCNC(CCC(C)C)Cc1nc2ccccc2n1CC. The van der Waals surface area contributed by atoms with Crippen molar-refractivity contribution in [3.63, 3.8) is 0 Å². The first-order chi connectivity index (χ1) is 10.2. The summed E-state index contributed by atoms with van der Waals surface area (Å²) in [6, 6.07) is 8.98. The van der Waals surface area contributed by atoms with Gasteiger partial charge in [-0.15, -0.1) is 0 Å². The molecule has 0 aliphatic rings. The molecule has 2 aromatic rings. The van der Waals surface area contributed by atoms with Gasteiger partial charge in [0.1, 0.15) is 5.82 Å². The lowest BCUT2D eigenvalue weighted by Gasteiger charge is -2.19. The average Bonchev–Trinajstić information content (AvgIpc) is 2.82. The maximum atomic E-state index is 4.86. The molecule has 0 amide bonds. The lowest BCUT2D eigenvalue weighted by molar-refractivity contribution is 0.425. The average molecular weight is 287 g/mol. The van der Waals surface area contributed by atoms with Gasteiger partial charge in [0.15, 0.2) is 0 Å².